The smallest absolute Gasteiger partial charge is 0.182 e. The van der Waals surface area contributed by atoms with Gasteiger partial charge in [0, 0.05) is 29.0 Å². The van der Waals surface area contributed by atoms with Crippen LogP contribution in [0.25, 0.3) is 11.5 Å². The molecule has 0 radical (unpaired) electrons. The van der Waals surface area contributed by atoms with Gasteiger partial charge in [-0.1, -0.05) is 29.8 Å². The Kier molecular flexibility index (Phi) is 4.91. The molecule has 2 heterocycles. The number of para-hydroxylation sites is 1. The molecule has 24 heavy (non-hydrogen) atoms. The molecule has 0 fully saturated rings. The Bertz CT molecular complexity index is 821. The average molecular weight is 340 g/mol. The Hall–Kier alpha value is -2.66. The quantitative estimate of drug-likeness (QED) is 0.702. The zero-order valence-corrected chi connectivity index (χ0v) is 14.2. The van der Waals surface area contributed by atoms with Gasteiger partial charge in [0.15, 0.2) is 5.82 Å². The first kappa shape index (κ1) is 16.2. The molecule has 0 saturated carbocycles. The van der Waals surface area contributed by atoms with Gasteiger partial charge in [0.05, 0.1) is 0 Å². The second-order valence-electron chi connectivity index (χ2n) is 5.61. The third-order valence-electron chi connectivity index (χ3n) is 3.16. The Labute approximate surface area is 146 Å². The van der Waals surface area contributed by atoms with Gasteiger partial charge < -0.3 is 10.6 Å². The first-order valence-corrected chi connectivity index (χ1v) is 8.07. The maximum Gasteiger partial charge on any atom is 0.182 e. The molecule has 0 aliphatic heterocycles. The highest BCUT2D eigenvalue weighted by Gasteiger charge is 2.10. The number of pyridine rings is 1. The lowest BCUT2D eigenvalue weighted by Crippen LogP contribution is -2.12. The van der Waals surface area contributed by atoms with Crippen molar-refractivity contribution in [3.63, 3.8) is 0 Å². The maximum absolute atomic E-state index is 6.06. The number of benzene rings is 1. The Morgan fingerprint density at radius 1 is 0.958 bits per heavy atom. The van der Waals surface area contributed by atoms with Gasteiger partial charge in [0.25, 0.3) is 0 Å². The predicted molar refractivity (Wildman–Crippen MR) is 98.8 cm³/mol. The van der Waals surface area contributed by atoms with Crippen molar-refractivity contribution in [3.8, 4) is 11.5 Å². The number of nitrogens with zero attached hydrogens (tertiary/aromatic N) is 3. The summed E-state index contributed by atoms with van der Waals surface area (Å²) in [6.45, 7) is 4.12. The van der Waals surface area contributed by atoms with Crippen LogP contribution in [0.4, 0.5) is 17.3 Å². The van der Waals surface area contributed by atoms with E-state index in [-0.39, 0.29) is 6.04 Å². The van der Waals surface area contributed by atoms with Crippen molar-refractivity contribution in [2.75, 3.05) is 10.6 Å². The largest absolute Gasteiger partial charge is 0.368 e. The number of halogens is 1. The number of rotatable bonds is 5. The second-order valence-corrected chi connectivity index (χ2v) is 6.05. The molecule has 1 aromatic carbocycles. The lowest BCUT2D eigenvalue weighted by molar-refractivity contribution is 0.887. The first-order valence-electron chi connectivity index (χ1n) is 7.70. The lowest BCUT2D eigenvalue weighted by Gasteiger charge is -2.13. The Morgan fingerprint density at radius 2 is 1.71 bits per heavy atom. The molecular weight excluding hydrogens is 322 g/mol. The summed E-state index contributed by atoms with van der Waals surface area (Å²) in [5.74, 6) is 1.94. The van der Waals surface area contributed by atoms with Gasteiger partial charge in [0.1, 0.15) is 17.3 Å². The van der Waals surface area contributed by atoms with Crippen molar-refractivity contribution >= 4 is 28.9 Å². The van der Waals surface area contributed by atoms with E-state index in [4.69, 9.17) is 11.6 Å². The summed E-state index contributed by atoms with van der Waals surface area (Å²) >= 11 is 6.06. The highest BCUT2D eigenvalue weighted by Crippen LogP contribution is 2.23. The third-order valence-corrected chi connectivity index (χ3v) is 3.40. The molecule has 0 saturated heterocycles. The van der Waals surface area contributed by atoms with E-state index in [9.17, 15) is 0 Å². The normalized spacial score (nSPS) is 10.7. The van der Waals surface area contributed by atoms with E-state index in [1.165, 1.54) is 0 Å². The minimum absolute atomic E-state index is 0.254. The fraction of sp³-hybridized carbons (Fsp3) is 0.167. The molecule has 3 aromatic rings. The fourth-order valence-electron chi connectivity index (χ4n) is 2.19. The van der Waals surface area contributed by atoms with Gasteiger partial charge in [-0.2, -0.15) is 0 Å². The molecule has 6 heteroatoms. The first-order chi connectivity index (χ1) is 11.6. The van der Waals surface area contributed by atoms with Gasteiger partial charge in [-0.05, 0) is 38.1 Å². The number of nitrogens with one attached hydrogen (secondary N) is 2. The van der Waals surface area contributed by atoms with Crippen molar-refractivity contribution in [3.05, 3.63) is 59.8 Å². The van der Waals surface area contributed by atoms with Crippen molar-refractivity contribution in [1.29, 1.82) is 0 Å². The van der Waals surface area contributed by atoms with Crippen LogP contribution in [-0.4, -0.2) is 21.0 Å². The van der Waals surface area contributed by atoms with Crippen molar-refractivity contribution in [1.82, 2.24) is 15.0 Å². The molecule has 0 amide bonds. The minimum atomic E-state index is 0.254. The van der Waals surface area contributed by atoms with Gasteiger partial charge in [-0.15, -0.1) is 0 Å². The van der Waals surface area contributed by atoms with Gasteiger partial charge >= 0.3 is 0 Å². The van der Waals surface area contributed by atoms with Crippen LogP contribution < -0.4 is 10.6 Å². The van der Waals surface area contributed by atoms with E-state index >= 15 is 0 Å². The van der Waals surface area contributed by atoms with Crippen LogP contribution in [0, 0.1) is 0 Å². The molecule has 0 bridgehead atoms. The number of aromatic nitrogens is 3. The highest BCUT2D eigenvalue weighted by molar-refractivity contribution is 6.30. The van der Waals surface area contributed by atoms with E-state index in [1.807, 2.05) is 36.4 Å². The molecule has 5 nitrogen and oxygen atoms in total. The monoisotopic (exact) mass is 339 g/mol. The number of hydrogen-bond donors (Lipinski definition) is 2. The molecule has 0 aliphatic carbocycles. The fourth-order valence-corrected chi connectivity index (χ4v) is 2.35. The number of anilines is 3. The molecule has 122 valence electrons. The van der Waals surface area contributed by atoms with Crippen LogP contribution in [0.3, 0.4) is 0 Å². The van der Waals surface area contributed by atoms with Crippen LogP contribution in [0.1, 0.15) is 13.8 Å². The summed E-state index contributed by atoms with van der Waals surface area (Å²) < 4.78 is 0. The highest BCUT2D eigenvalue weighted by atomic mass is 35.5. The topological polar surface area (TPSA) is 62.7 Å². The van der Waals surface area contributed by atoms with Crippen molar-refractivity contribution in [2.45, 2.75) is 19.9 Å². The van der Waals surface area contributed by atoms with Gasteiger partial charge in [0.2, 0.25) is 0 Å². The Balaban J connectivity index is 2.00. The van der Waals surface area contributed by atoms with Crippen molar-refractivity contribution in [2.24, 2.45) is 0 Å². The van der Waals surface area contributed by atoms with Gasteiger partial charge in [-0.25, -0.2) is 9.97 Å². The van der Waals surface area contributed by atoms with Crippen LogP contribution in [0.5, 0.6) is 0 Å². The van der Waals surface area contributed by atoms with Crippen molar-refractivity contribution < 1.29 is 0 Å². The summed E-state index contributed by atoms with van der Waals surface area (Å²) in [6.07, 6.45) is 1.65. The summed E-state index contributed by atoms with van der Waals surface area (Å²) in [7, 11) is 0. The molecular formula is C18H18ClN5. The molecule has 0 spiro atoms. The number of hydrogen-bond acceptors (Lipinski definition) is 5. The molecule has 0 aliphatic rings. The minimum Gasteiger partial charge on any atom is -0.368 e. The van der Waals surface area contributed by atoms with Crippen LogP contribution in [0.15, 0.2) is 54.7 Å². The SMILES string of the molecule is CC(C)Nc1cc(Nc2ccccc2)nc(-c2cc(Cl)ccn2)n1. The summed E-state index contributed by atoms with van der Waals surface area (Å²) in [5, 5.41) is 7.19. The Morgan fingerprint density at radius 3 is 2.42 bits per heavy atom. The second kappa shape index (κ2) is 7.27. The summed E-state index contributed by atoms with van der Waals surface area (Å²) in [6, 6.07) is 15.5. The van der Waals surface area contributed by atoms with E-state index in [0.29, 0.717) is 22.4 Å². The van der Waals surface area contributed by atoms with E-state index in [0.717, 1.165) is 11.5 Å². The van der Waals surface area contributed by atoms with E-state index in [2.05, 4.69) is 39.4 Å². The summed E-state index contributed by atoms with van der Waals surface area (Å²) in [5.41, 5.74) is 1.59. The standard InChI is InChI=1S/C18H18ClN5/c1-12(2)21-16-11-17(22-14-6-4-3-5-7-14)24-18(23-16)15-10-13(19)8-9-20-15/h3-12H,1-2H3,(H2,21,22,23,24). The zero-order valence-electron chi connectivity index (χ0n) is 13.5. The van der Waals surface area contributed by atoms with E-state index in [1.54, 1.807) is 18.3 Å². The van der Waals surface area contributed by atoms with Crippen LogP contribution >= 0.6 is 11.6 Å². The van der Waals surface area contributed by atoms with E-state index < -0.39 is 0 Å². The lowest BCUT2D eigenvalue weighted by atomic mass is 10.3. The molecule has 0 atom stereocenters. The summed E-state index contributed by atoms with van der Waals surface area (Å²) in [4.78, 5) is 13.4. The van der Waals surface area contributed by atoms with Crippen LogP contribution in [-0.2, 0) is 0 Å². The molecule has 2 aromatic heterocycles. The predicted octanol–water partition coefficient (Wildman–Crippen LogP) is 4.76. The third kappa shape index (κ3) is 4.20. The molecule has 0 unspecified atom stereocenters. The maximum atomic E-state index is 6.06. The molecule has 2 N–H and O–H groups in total. The average Bonchev–Trinajstić information content (AvgIpc) is 2.55. The van der Waals surface area contributed by atoms with Gasteiger partial charge in [-0.3, -0.25) is 4.98 Å². The van der Waals surface area contributed by atoms with Crippen LogP contribution in [0.2, 0.25) is 5.02 Å². The zero-order chi connectivity index (χ0) is 16.9. The molecule has 3 rings (SSSR count).